The van der Waals surface area contributed by atoms with Crippen molar-refractivity contribution in [3.05, 3.63) is 47.0 Å². The zero-order chi connectivity index (χ0) is 22.8. The SMILES string of the molecule is Cc1cc2nc(N(CCCN3CCOCC3)C(=O)c3ccc4c(c3)OCCO4)sc2cc1C. The van der Waals surface area contributed by atoms with Crippen LogP contribution in [0.3, 0.4) is 0 Å². The number of rotatable bonds is 6. The smallest absolute Gasteiger partial charge is 0.260 e. The zero-order valence-electron chi connectivity index (χ0n) is 19.1. The minimum absolute atomic E-state index is 0.0681. The summed E-state index contributed by atoms with van der Waals surface area (Å²) >= 11 is 1.57. The van der Waals surface area contributed by atoms with Gasteiger partial charge in [-0.15, -0.1) is 0 Å². The fourth-order valence-corrected chi connectivity index (χ4v) is 5.25. The zero-order valence-corrected chi connectivity index (χ0v) is 20.0. The van der Waals surface area contributed by atoms with E-state index in [1.807, 2.05) is 17.0 Å². The summed E-state index contributed by atoms with van der Waals surface area (Å²) in [6.45, 7) is 10.2. The van der Waals surface area contributed by atoms with Gasteiger partial charge in [-0.2, -0.15) is 0 Å². The normalized spacial score (nSPS) is 16.2. The van der Waals surface area contributed by atoms with Crippen molar-refractivity contribution < 1.29 is 19.0 Å². The summed E-state index contributed by atoms with van der Waals surface area (Å²) in [4.78, 5) is 22.7. The number of hydrogen-bond acceptors (Lipinski definition) is 7. The molecule has 0 aliphatic carbocycles. The van der Waals surface area contributed by atoms with Crippen molar-refractivity contribution >= 4 is 32.6 Å². The molecular formula is C25H29N3O4S. The summed E-state index contributed by atoms with van der Waals surface area (Å²) < 4.78 is 17.9. The van der Waals surface area contributed by atoms with Crippen LogP contribution in [0.25, 0.3) is 10.2 Å². The Morgan fingerprint density at radius 2 is 1.79 bits per heavy atom. The van der Waals surface area contributed by atoms with Crippen LogP contribution in [-0.4, -0.2) is 68.4 Å². The Morgan fingerprint density at radius 3 is 2.61 bits per heavy atom. The number of aromatic nitrogens is 1. The largest absolute Gasteiger partial charge is 0.486 e. The Morgan fingerprint density at radius 1 is 1.03 bits per heavy atom. The van der Waals surface area contributed by atoms with Gasteiger partial charge in [0.1, 0.15) is 13.2 Å². The van der Waals surface area contributed by atoms with E-state index in [9.17, 15) is 4.79 Å². The van der Waals surface area contributed by atoms with Gasteiger partial charge in [0.2, 0.25) is 0 Å². The van der Waals surface area contributed by atoms with Gasteiger partial charge in [-0.05, 0) is 61.7 Å². The number of aryl methyl sites for hydroxylation is 2. The number of fused-ring (bicyclic) bond motifs is 2. The van der Waals surface area contributed by atoms with Crippen LogP contribution < -0.4 is 14.4 Å². The highest BCUT2D eigenvalue weighted by Crippen LogP contribution is 2.34. The third kappa shape index (κ3) is 4.83. The van der Waals surface area contributed by atoms with Crippen molar-refractivity contribution in [1.82, 2.24) is 9.88 Å². The molecule has 1 amide bonds. The Balaban J connectivity index is 1.42. The van der Waals surface area contributed by atoms with Crippen LogP contribution in [-0.2, 0) is 4.74 Å². The monoisotopic (exact) mass is 467 g/mol. The molecule has 1 saturated heterocycles. The van der Waals surface area contributed by atoms with Crippen molar-refractivity contribution in [1.29, 1.82) is 0 Å². The molecule has 2 aliphatic heterocycles. The number of morpholine rings is 1. The lowest BCUT2D eigenvalue weighted by Gasteiger charge is -2.28. The molecule has 5 rings (SSSR count). The summed E-state index contributed by atoms with van der Waals surface area (Å²) in [5, 5.41) is 0.733. The Kier molecular flexibility index (Phi) is 6.48. The van der Waals surface area contributed by atoms with Crippen molar-refractivity contribution in [2.45, 2.75) is 20.3 Å². The number of nitrogens with zero attached hydrogens (tertiary/aromatic N) is 3. The molecule has 0 atom stereocenters. The summed E-state index contributed by atoms with van der Waals surface area (Å²) in [7, 11) is 0. The van der Waals surface area contributed by atoms with E-state index >= 15 is 0 Å². The highest BCUT2D eigenvalue weighted by Gasteiger charge is 2.24. The molecule has 0 spiro atoms. The predicted octanol–water partition coefficient (Wildman–Crippen LogP) is 4.05. The Bertz CT molecular complexity index is 1120. The second-order valence-corrected chi connectivity index (χ2v) is 9.53. The standard InChI is InChI=1S/C25H29N3O4S/c1-17-14-20-23(15-18(17)2)33-25(26-20)28(7-3-6-27-8-10-30-11-9-27)24(29)19-4-5-21-22(16-19)32-13-12-31-21/h4-5,14-16H,3,6-13H2,1-2H3. The molecule has 33 heavy (non-hydrogen) atoms. The van der Waals surface area contributed by atoms with Crippen LogP contribution in [0.15, 0.2) is 30.3 Å². The van der Waals surface area contributed by atoms with Crippen LogP contribution in [0.5, 0.6) is 11.5 Å². The molecule has 0 radical (unpaired) electrons. The van der Waals surface area contributed by atoms with Gasteiger partial charge in [-0.1, -0.05) is 11.3 Å². The molecule has 0 unspecified atom stereocenters. The average Bonchev–Trinajstić information content (AvgIpc) is 3.24. The molecule has 3 aromatic rings. The van der Waals surface area contributed by atoms with E-state index in [-0.39, 0.29) is 5.91 Å². The quantitative estimate of drug-likeness (QED) is 0.545. The molecule has 1 fully saturated rings. The first-order valence-corrected chi connectivity index (χ1v) is 12.3. The topological polar surface area (TPSA) is 64.1 Å². The maximum absolute atomic E-state index is 13.7. The molecule has 8 heteroatoms. The van der Waals surface area contributed by atoms with Gasteiger partial charge >= 0.3 is 0 Å². The number of anilines is 1. The lowest BCUT2D eigenvalue weighted by Crippen LogP contribution is -2.39. The fraction of sp³-hybridized carbons (Fsp3) is 0.440. The Hall–Kier alpha value is -2.68. The summed E-state index contributed by atoms with van der Waals surface area (Å²) in [5.74, 6) is 1.24. The lowest BCUT2D eigenvalue weighted by molar-refractivity contribution is 0.0376. The van der Waals surface area contributed by atoms with E-state index in [0.717, 1.165) is 54.6 Å². The van der Waals surface area contributed by atoms with Gasteiger partial charge in [-0.25, -0.2) is 4.98 Å². The molecule has 7 nitrogen and oxygen atoms in total. The Labute approximate surface area is 197 Å². The number of hydrogen-bond donors (Lipinski definition) is 0. The molecule has 174 valence electrons. The van der Waals surface area contributed by atoms with Crippen LogP contribution in [0.2, 0.25) is 0 Å². The molecule has 0 bridgehead atoms. The first-order chi connectivity index (χ1) is 16.1. The first-order valence-electron chi connectivity index (χ1n) is 11.5. The molecule has 1 aromatic heterocycles. The number of ether oxygens (including phenoxy) is 3. The lowest BCUT2D eigenvalue weighted by atomic mass is 10.1. The molecule has 3 heterocycles. The number of thiazole rings is 1. The summed E-state index contributed by atoms with van der Waals surface area (Å²) in [6.07, 6.45) is 0.865. The van der Waals surface area contributed by atoms with E-state index in [4.69, 9.17) is 19.2 Å². The van der Waals surface area contributed by atoms with Crippen molar-refractivity contribution in [2.24, 2.45) is 0 Å². The van der Waals surface area contributed by atoms with E-state index in [1.165, 1.54) is 11.1 Å². The molecular weight excluding hydrogens is 438 g/mol. The highest BCUT2D eigenvalue weighted by molar-refractivity contribution is 7.22. The second-order valence-electron chi connectivity index (χ2n) is 8.52. The molecule has 2 aliphatic rings. The van der Waals surface area contributed by atoms with E-state index in [2.05, 4.69) is 30.9 Å². The van der Waals surface area contributed by atoms with Crippen molar-refractivity contribution in [3.8, 4) is 11.5 Å². The van der Waals surface area contributed by atoms with Gasteiger partial charge in [0.05, 0.1) is 23.4 Å². The molecule has 0 saturated carbocycles. The van der Waals surface area contributed by atoms with Crippen LogP contribution in [0, 0.1) is 13.8 Å². The number of benzene rings is 2. The van der Waals surface area contributed by atoms with E-state index in [1.54, 1.807) is 17.4 Å². The minimum atomic E-state index is -0.0681. The molecule has 2 aromatic carbocycles. The highest BCUT2D eigenvalue weighted by atomic mass is 32.1. The van der Waals surface area contributed by atoms with Crippen molar-refractivity contribution in [3.63, 3.8) is 0 Å². The summed E-state index contributed by atoms with van der Waals surface area (Å²) in [6, 6.07) is 9.68. The van der Waals surface area contributed by atoms with Crippen LogP contribution >= 0.6 is 11.3 Å². The predicted molar refractivity (Wildman–Crippen MR) is 130 cm³/mol. The van der Waals surface area contributed by atoms with Crippen molar-refractivity contribution in [2.75, 3.05) is 57.5 Å². The maximum atomic E-state index is 13.7. The fourth-order valence-electron chi connectivity index (χ4n) is 4.18. The van der Waals surface area contributed by atoms with E-state index in [0.29, 0.717) is 36.8 Å². The van der Waals surface area contributed by atoms with Gasteiger partial charge in [-0.3, -0.25) is 14.6 Å². The third-order valence-electron chi connectivity index (χ3n) is 6.22. The van der Waals surface area contributed by atoms with Gasteiger partial charge in [0, 0.05) is 31.7 Å². The summed E-state index contributed by atoms with van der Waals surface area (Å²) in [5.41, 5.74) is 3.95. The number of amides is 1. The van der Waals surface area contributed by atoms with Gasteiger partial charge in [0.25, 0.3) is 5.91 Å². The van der Waals surface area contributed by atoms with Crippen LogP contribution in [0.1, 0.15) is 27.9 Å². The average molecular weight is 468 g/mol. The number of carbonyl (C=O) groups is 1. The molecule has 0 N–H and O–H groups in total. The minimum Gasteiger partial charge on any atom is -0.486 e. The van der Waals surface area contributed by atoms with Gasteiger partial charge in [0.15, 0.2) is 16.6 Å². The van der Waals surface area contributed by atoms with Gasteiger partial charge < -0.3 is 14.2 Å². The van der Waals surface area contributed by atoms with Crippen LogP contribution in [0.4, 0.5) is 5.13 Å². The maximum Gasteiger partial charge on any atom is 0.260 e. The second kappa shape index (κ2) is 9.67. The number of carbonyl (C=O) groups excluding carboxylic acids is 1. The first kappa shape index (κ1) is 22.1. The third-order valence-corrected chi connectivity index (χ3v) is 7.26. The van der Waals surface area contributed by atoms with E-state index < -0.39 is 0 Å².